The molecule has 0 saturated heterocycles. The van der Waals surface area contributed by atoms with Gasteiger partial charge in [-0.1, -0.05) is 6.07 Å². The molecule has 0 aliphatic heterocycles. The topological polar surface area (TPSA) is 35.2 Å². The summed E-state index contributed by atoms with van der Waals surface area (Å²) in [6.45, 7) is 0. The molecule has 1 atom stereocenters. The molecule has 90 valence electrons. The van der Waals surface area contributed by atoms with Gasteiger partial charge in [0.25, 0.3) is 6.43 Å². The Hall–Kier alpha value is -1.30. The number of nitrogens with two attached hydrogens (primary N) is 1. The van der Waals surface area contributed by atoms with E-state index in [-0.39, 0.29) is 17.7 Å². The Morgan fingerprint density at radius 2 is 1.94 bits per heavy atom. The lowest BCUT2D eigenvalue weighted by Crippen LogP contribution is -2.31. The zero-order valence-electron chi connectivity index (χ0n) is 8.51. The molecule has 0 radical (unpaired) electrons. The van der Waals surface area contributed by atoms with Gasteiger partial charge < -0.3 is 10.5 Å². The number of hydrogen-bond acceptors (Lipinski definition) is 2. The fourth-order valence-electron chi connectivity index (χ4n) is 1.30. The van der Waals surface area contributed by atoms with E-state index in [0.29, 0.717) is 0 Å². The van der Waals surface area contributed by atoms with Crippen molar-refractivity contribution >= 4 is 0 Å². The summed E-state index contributed by atoms with van der Waals surface area (Å²) in [5.41, 5.74) is 5.26. The van der Waals surface area contributed by atoms with Crippen molar-refractivity contribution in [2.45, 2.75) is 18.9 Å². The van der Waals surface area contributed by atoms with Gasteiger partial charge in [-0.15, -0.1) is 0 Å². The first-order valence-electron chi connectivity index (χ1n) is 4.52. The SMILES string of the molecule is COc1c(CC(N)C(F)F)ccc(F)c1F. The molecule has 1 rings (SSSR count). The first kappa shape index (κ1) is 12.8. The summed E-state index contributed by atoms with van der Waals surface area (Å²) in [5.74, 6) is -2.66. The van der Waals surface area contributed by atoms with Crippen molar-refractivity contribution in [3.63, 3.8) is 0 Å². The Bertz CT molecular complexity index is 370. The van der Waals surface area contributed by atoms with E-state index in [1.165, 1.54) is 6.07 Å². The van der Waals surface area contributed by atoms with Crippen LogP contribution in [0.1, 0.15) is 5.56 Å². The van der Waals surface area contributed by atoms with E-state index in [1.807, 2.05) is 0 Å². The summed E-state index contributed by atoms with van der Waals surface area (Å²) >= 11 is 0. The molecule has 1 aromatic rings. The second-order valence-electron chi connectivity index (χ2n) is 3.26. The highest BCUT2D eigenvalue weighted by Crippen LogP contribution is 2.26. The van der Waals surface area contributed by atoms with Crippen LogP contribution in [0.4, 0.5) is 17.6 Å². The molecule has 0 bridgehead atoms. The molecule has 6 heteroatoms. The molecule has 16 heavy (non-hydrogen) atoms. The third-order valence-corrected chi connectivity index (χ3v) is 2.11. The summed E-state index contributed by atoms with van der Waals surface area (Å²) in [6, 6.07) is 0.601. The van der Waals surface area contributed by atoms with E-state index in [0.717, 1.165) is 13.2 Å². The minimum Gasteiger partial charge on any atom is -0.493 e. The zero-order valence-corrected chi connectivity index (χ0v) is 8.51. The molecule has 0 fully saturated rings. The second kappa shape index (κ2) is 5.16. The van der Waals surface area contributed by atoms with E-state index in [2.05, 4.69) is 4.74 Å². The molecule has 0 aromatic heterocycles. The molecular weight excluding hydrogens is 226 g/mol. The predicted octanol–water partition coefficient (Wildman–Crippen LogP) is 2.11. The summed E-state index contributed by atoms with van der Waals surface area (Å²) in [4.78, 5) is 0. The van der Waals surface area contributed by atoms with Gasteiger partial charge in [-0.3, -0.25) is 0 Å². The van der Waals surface area contributed by atoms with Crippen molar-refractivity contribution in [2.24, 2.45) is 5.73 Å². The summed E-state index contributed by atoms with van der Waals surface area (Å²) < 4.78 is 55.0. The zero-order chi connectivity index (χ0) is 12.3. The van der Waals surface area contributed by atoms with Crippen LogP contribution in [0.5, 0.6) is 5.75 Å². The van der Waals surface area contributed by atoms with Gasteiger partial charge in [0.2, 0.25) is 5.82 Å². The Morgan fingerprint density at radius 1 is 1.31 bits per heavy atom. The molecule has 0 amide bonds. The van der Waals surface area contributed by atoms with Crippen molar-refractivity contribution in [1.82, 2.24) is 0 Å². The average Bonchev–Trinajstić information content (AvgIpc) is 2.23. The number of ether oxygens (including phenoxy) is 1. The highest BCUT2D eigenvalue weighted by Gasteiger charge is 2.20. The monoisotopic (exact) mass is 237 g/mol. The molecular formula is C10H11F4NO. The Balaban J connectivity index is 3.00. The lowest BCUT2D eigenvalue weighted by Gasteiger charge is -2.14. The molecule has 0 aliphatic carbocycles. The van der Waals surface area contributed by atoms with Gasteiger partial charge in [0, 0.05) is 0 Å². The van der Waals surface area contributed by atoms with Crippen LogP contribution in [0.25, 0.3) is 0 Å². The maximum Gasteiger partial charge on any atom is 0.253 e. The Morgan fingerprint density at radius 3 is 2.44 bits per heavy atom. The van der Waals surface area contributed by atoms with E-state index in [4.69, 9.17) is 5.73 Å². The highest BCUT2D eigenvalue weighted by atomic mass is 19.3. The first-order chi connectivity index (χ1) is 7.47. The van der Waals surface area contributed by atoms with Crippen molar-refractivity contribution in [2.75, 3.05) is 7.11 Å². The van der Waals surface area contributed by atoms with E-state index in [1.54, 1.807) is 0 Å². The molecule has 2 N–H and O–H groups in total. The van der Waals surface area contributed by atoms with Gasteiger partial charge >= 0.3 is 0 Å². The van der Waals surface area contributed by atoms with Crippen LogP contribution in [0.2, 0.25) is 0 Å². The Labute approximate surface area is 90.0 Å². The van der Waals surface area contributed by atoms with Crippen LogP contribution in [0.3, 0.4) is 0 Å². The molecule has 0 saturated carbocycles. The lowest BCUT2D eigenvalue weighted by atomic mass is 10.1. The number of halogens is 4. The van der Waals surface area contributed by atoms with E-state index >= 15 is 0 Å². The normalized spacial score (nSPS) is 12.9. The third kappa shape index (κ3) is 2.63. The minimum absolute atomic E-state index is 0.120. The van der Waals surface area contributed by atoms with Crippen molar-refractivity contribution in [3.05, 3.63) is 29.3 Å². The van der Waals surface area contributed by atoms with Gasteiger partial charge in [-0.25, -0.2) is 13.2 Å². The largest absolute Gasteiger partial charge is 0.493 e. The van der Waals surface area contributed by atoms with Gasteiger partial charge in [0.1, 0.15) is 0 Å². The van der Waals surface area contributed by atoms with Gasteiger partial charge in [-0.2, -0.15) is 4.39 Å². The van der Waals surface area contributed by atoms with Crippen molar-refractivity contribution in [3.8, 4) is 5.75 Å². The smallest absolute Gasteiger partial charge is 0.253 e. The van der Waals surface area contributed by atoms with Gasteiger partial charge in [0.15, 0.2) is 11.6 Å². The number of benzene rings is 1. The molecule has 2 nitrogen and oxygen atoms in total. The highest BCUT2D eigenvalue weighted by molar-refractivity contribution is 5.36. The number of rotatable bonds is 4. The van der Waals surface area contributed by atoms with Crippen LogP contribution >= 0.6 is 0 Å². The van der Waals surface area contributed by atoms with Crippen LogP contribution < -0.4 is 10.5 Å². The maximum absolute atomic E-state index is 13.2. The fraction of sp³-hybridized carbons (Fsp3) is 0.400. The summed E-state index contributed by atoms with van der Waals surface area (Å²) in [5, 5.41) is 0. The summed E-state index contributed by atoms with van der Waals surface area (Å²) in [7, 11) is 1.13. The van der Waals surface area contributed by atoms with Gasteiger partial charge in [0.05, 0.1) is 13.2 Å². The molecule has 0 heterocycles. The van der Waals surface area contributed by atoms with Crippen LogP contribution in [0.15, 0.2) is 12.1 Å². The second-order valence-corrected chi connectivity index (χ2v) is 3.26. The standard InChI is InChI=1S/C10H11F4NO/c1-16-9-5(4-7(15)10(13)14)2-3-6(11)8(9)12/h2-3,7,10H,4,15H2,1H3. The van der Waals surface area contributed by atoms with Crippen LogP contribution in [-0.4, -0.2) is 19.6 Å². The average molecular weight is 237 g/mol. The maximum atomic E-state index is 13.2. The van der Waals surface area contributed by atoms with Crippen LogP contribution in [0, 0.1) is 11.6 Å². The van der Waals surface area contributed by atoms with Crippen LogP contribution in [-0.2, 0) is 6.42 Å². The van der Waals surface area contributed by atoms with E-state index < -0.39 is 24.1 Å². The number of hydrogen-bond donors (Lipinski definition) is 1. The minimum atomic E-state index is -2.72. The molecule has 1 unspecified atom stereocenters. The quantitative estimate of drug-likeness (QED) is 0.814. The number of methoxy groups -OCH3 is 1. The lowest BCUT2D eigenvalue weighted by molar-refractivity contribution is 0.115. The third-order valence-electron chi connectivity index (χ3n) is 2.11. The predicted molar refractivity (Wildman–Crippen MR) is 50.6 cm³/mol. The molecule has 0 spiro atoms. The fourth-order valence-corrected chi connectivity index (χ4v) is 1.30. The van der Waals surface area contributed by atoms with Gasteiger partial charge in [-0.05, 0) is 18.1 Å². The first-order valence-corrected chi connectivity index (χ1v) is 4.52. The van der Waals surface area contributed by atoms with E-state index in [9.17, 15) is 17.6 Å². The molecule has 0 aliphatic rings. The number of alkyl halides is 2. The summed E-state index contributed by atoms with van der Waals surface area (Å²) in [6.07, 6.45) is -3.00. The van der Waals surface area contributed by atoms with Crippen molar-refractivity contribution in [1.29, 1.82) is 0 Å². The Kier molecular flexibility index (Phi) is 4.12. The molecule has 1 aromatic carbocycles. The van der Waals surface area contributed by atoms with Crippen molar-refractivity contribution < 1.29 is 22.3 Å².